The Balaban J connectivity index is 0.000000362. The van der Waals surface area contributed by atoms with Crippen molar-refractivity contribution in [2.24, 2.45) is 17.8 Å². The Morgan fingerprint density at radius 1 is 1.26 bits per heavy atom. The Morgan fingerprint density at radius 2 is 1.68 bits per heavy atom. The monoisotopic (exact) mass is 416 g/mol. The number of halogens is 4. The van der Waals surface area contributed by atoms with E-state index in [-0.39, 0.29) is 0 Å². The normalized spacial score (nSPS) is 28.8. The summed E-state index contributed by atoms with van der Waals surface area (Å²) in [6, 6.07) is 0. The number of hydrogen-bond acceptors (Lipinski definition) is 2. The first kappa shape index (κ1) is 19.4. The highest BCUT2D eigenvalue weighted by atomic mass is 127. The fourth-order valence-corrected chi connectivity index (χ4v) is 4.14. The van der Waals surface area contributed by atoms with Crippen molar-refractivity contribution in [1.82, 2.24) is 0 Å². The number of hydrogen-bond donors (Lipinski definition) is 1. The Morgan fingerprint density at radius 3 is 1.95 bits per heavy atom. The van der Waals surface area contributed by atoms with Gasteiger partial charge >= 0.3 is 15.6 Å². The van der Waals surface area contributed by atoms with Gasteiger partial charge in [0.1, 0.15) is 0 Å². The smallest absolute Gasteiger partial charge is 0.279 e. The van der Waals surface area contributed by atoms with E-state index in [1.54, 1.807) is 0 Å². The molecule has 8 heteroatoms. The Hall–Kier alpha value is 0.430. The van der Waals surface area contributed by atoms with E-state index in [4.69, 9.17) is 13.0 Å². The van der Waals surface area contributed by atoms with Gasteiger partial charge in [-0.25, -0.2) is 0 Å². The molecule has 1 N–H and O–H groups in total. The second-order valence-corrected chi connectivity index (χ2v) is 8.28. The molecule has 0 bridgehead atoms. The van der Waals surface area contributed by atoms with Crippen LogP contribution >= 0.6 is 22.6 Å². The highest BCUT2D eigenvalue weighted by molar-refractivity contribution is 14.1. The van der Waals surface area contributed by atoms with Crippen molar-refractivity contribution in [3.8, 4) is 0 Å². The predicted molar refractivity (Wildman–Crippen MR) is 76.8 cm³/mol. The average Bonchev–Trinajstić information content (AvgIpc) is 2.13. The van der Waals surface area contributed by atoms with Gasteiger partial charge in [0.25, 0.3) is 0 Å². The minimum absolute atomic E-state index is 0.893. The summed E-state index contributed by atoms with van der Waals surface area (Å²) in [4.78, 5) is 0. The largest absolute Gasteiger partial charge is 0.522 e. The van der Waals surface area contributed by atoms with Crippen LogP contribution in [0, 0.1) is 17.8 Å². The van der Waals surface area contributed by atoms with Crippen LogP contribution in [-0.4, -0.2) is 22.4 Å². The summed E-state index contributed by atoms with van der Waals surface area (Å²) in [5.74, 6) is 2.86. The van der Waals surface area contributed by atoms with Crippen molar-refractivity contribution >= 4 is 32.7 Å². The summed E-state index contributed by atoms with van der Waals surface area (Å²) in [6.45, 7) is 7.13. The van der Waals surface area contributed by atoms with Gasteiger partial charge in [-0.1, -0.05) is 49.8 Å². The van der Waals surface area contributed by atoms with Crippen molar-refractivity contribution in [3.05, 3.63) is 0 Å². The second kappa shape index (κ2) is 7.44. The lowest BCUT2D eigenvalue weighted by Gasteiger charge is -2.33. The van der Waals surface area contributed by atoms with E-state index < -0.39 is 15.6 Å². The summed E-state index contributed by atoms with van der Waals surface area (Å²) in [5, 5.41) is 0. The third-order valence-electron chi connectivity index (χ3n) is 3.23. The van der Waals surface area contributed by atoms with Crippen LogP contribution in [-0.2, 0) is 10.1 Å². The fraction of sp³-hybridized carbons (Fsp3) is 1.00. The van der Waals surface area contributed by atoms with Gasteiger partial charge in [0.2, 0.25) is 0 Å². The van der Waals surface area contributed by atoms with E-state index in [0.29, 0.717) is 0 Å². The maximum absolute atomic E-state index is 10.7. The van der Waals surface area contributed by atoms with E-state index in [1.165, 1.54) is 19.3 Å². The molecule has 0 heterocycles. The topological polar surface area (TPSA) is 54.4 Å². The molecule has 19 heavy (non-hydrogen) atoms. The molecule has 1 fully saturated rings. The quantitative estimate of drug-likeness (QED) is 0.301. The van der Waals surface area contributed by atoms with Gasteiger partial charge in [-0.3, -0.25) is 4.55 Å². The zero-order valence-electron chi connectivity index (χ0n) is 11.1. The molecule has 1 saturated carbocycles. The molecule has 1 rings (SSSR count). The first-order valence-electron chi connectivity index (χ1n) is 6.04. The molecule has 0 amide bonds. The second-order valence-electron chi connectivity index (χ2n) is 5.26. The van der Waals surface area contributed by atoms with Gasteiger partial charge in [0.15, 0.2) is 0 Å². The van der Waals surface area contributed by atoms with Crippen molar-refractivity contribution in [1.29, 1.82) is 0 Å². The highest BCUT2D eigenvalue weighted by Crippen LogP contribution is 2.37. The number of rotatable bonds is 1. The standard InChI is InChI=1S/C10H19I.CHF3O3S/c1-7(2)9-5-4-8(3)6-10(9)11;2-1(3,4)8(5,6)7/h7-10H,4-6H2,1-3H3;(H,5,6,7). The summed E-state index contributed by atoms with van der Waals surface area (Å²) in [5.41, 5.74) is -5.53. The number of alkyl halides is 4. The molecule has 0 radical (unpaired) electrons. The minimum atomic E-state index is -5.84. The summed E-state index contributed by atoms with van der Waals surface area (Å²) >= 11 is 2.65. The Kier molecular flexibility index (Phi) is 7.61. The molecule has 0 aromatic heterocycles. The van der Waals surface area contributed by atoms with Gasteiger partial charge < -0.3 is 0 Å². The lowest BCUT2D eigenvalue weighted by atomic mass is 9.78. The molecular weight excluding hydrogens is 396 g/mol. The van der Waals surface area contributed by atoms with E-state index in [1.807, 2.05) is 0 Å². The van der Waals surface area contributed by atoms with E-state index >= 15 is 0 Å². The lowest BCUT2D eigenvalue weighted by molar-refractivity contribution is -0.0510. The van der Waals surface area contributed by atoms with E-state index in [0.717, 1.165) is 21.7 Å². The van der Waals surface area contributed by atoms with E-state index in [2.05, 4.69) is 43.4 Å². The van der Waals surface area contributed by atoms with Crippen molar-refractivity contribution < 1.29 is 26.1 Å². The fourth-order valence-electron chi connectivity index (χ4n) is 2.09. The van der Waals surface area contributed by atoms with Crippen LogP contribution in [0.5, 0.6) is 0 Å². The van der Waals surface area contributed by atoms with Crippen molar-refractivity contribution in [2.45, 2.75) is 49.5 Å². The van der Waals surface area contributed by atoms with Crippen LogP contribution in [0.3, 0.4) is 0 Å². The van der Waals surface area contributed by atoms with Gasteiger partial charge in [-0.2, -0.15) is 21.6 Å². The third kappa shape index (κ3) is 7.12. The SMILES string of the molecule is CC1CCC(C(C)C)C(I)C1.O=S(=O)(O)C(F)(F)F. The summed E-state index contributed by atoms with van der Waals surface area (Å²) in [6.07, 6.45) is 4.37. The molecule has 0 saturated heterocycles. The maximum Gasteiger partial charge on any atom is 0.522 e. The molecule has 3 nitrogen and oxygen atoms in total. The van der Waals surface area contributed by atoms with Gasteiger partial charge in [-0.15, -0.1) is 0 Å². The zero-order chi connectivity index (χ0) is 15.4. The van der Waals surface area contributed by atoms with Crippen molar-refractivity contribution in [3.63, 3.8) is 0 Å². The van der Waals surface area contributed by atoms with Crippen LogP contribution in [0.2, 0.25) is 0 Å². The van der Waals surface area contributed by atoms with Crippen LogP contribution in [0.4, 0.5) is 13.2 Å². The molecule has 0 spiro atoms. The molecule has 0 aliphatic heterocycles. The van der Waals surface area contributed by atoms with Crippen LogP contribution in [0.15, 0.2) is 0 Å². The molecule has 1 aliphatic rings. The molecule has 3 unspecified atom stereocenters. The molecule has 1 aliphatic carbocycles. The van der Waals surface area contributed by atoms with Gasteiger partial charge in [-0.05, 0) is 30.6 Å². The highest BCUT2D eigenvalue weighted by Gasteiger charge is 2.44. The first-order chi connectivity index (χ1) is 8.36. The van der Waals surface area contributed by atoms with Crippen LogP contribution in [0.25, 0.3) is 0 Å². The van der Waals surface area contributed by atoms with E-state index in [9.17, 15) is 13.2 Å². The molecule has 116 valence electrons. The van der Waals surface area contributed by atoms with Crippen LogP contribution in [0.1, 0.15) is 40.0 Å². The predicted octanol–water partition coefficient (Wildman–Crippen LogP) is 4.28. The zero-order valence-corrected chi connectivity index (χ0v) is 14.1. The summed E-state index contributed by atoms with van der Waals surface area (Å²) < 4.78 is 58.5. The minimum Gasteiger partial charge on any atom is -0.279 e. The average molecular weight is 416 g/mol. The third-order valence-corrected chi connectivity index (χ3v) is 5.25. The summed E-state index contributed by atoms with van der Waals surface area (Å²) in [7, 11) is -5.84. The molecule has 0 aromatic rings. The first-order valence-corrected chi connectivity index (χ1v) is 8.72. The Labute approximate surface area is 126 Å². The molecular formula is C11H20F3IO3S. The maximum atomic E-state index is 10.7. The van der Waals surface area contributed by atoms with Crippen LogP contribution < -0.4 is 0 Å². The van der Waals surface area contributed by atoms with Gasteiger partial charge in [0, 0.05) is 3.92 Å². The Bertz CT molecular complexity index is 368. The molecule has 0 aromatic carbocycles. The molecule has 3 atom stereocenters. The van der Waals surface area contributed by atoms with Crippen molar-refractivity contribution in [2.75, 3.05) is 0 Å². The van der Waals surface area contributed by atoms with Gasteiger partial charge in [0.05, 0.1) is 0 Å². The lowest BCUT2D eigenvalue weighted by Crippen LogP contribution is -2.27.